The Bertz CT molecular complexity index is 288. The van der Waals surface area contributed by atoms with Crippen LogP contribution in [0.25, 0.3) is 0 Å². The van der Waals surface area contributed by atoms with E-state index < -0.39 is 0 Å². The smallest absolute Gasteiger partial charge is 0.0655 e. The summed E-state index contributed by atoms with van der Waals surface area (Å²) in [5, 5.41) is 0.754. The number of methoxy groups -OCH3 is 1. The molecule has 0 saturated carbocycles. The summed E-state index contributed by atoms with van der Waals surface area (Å²) in [5.41, 5.74) is 7.98. The molecular weight excluding hydrogens is 186 g/mol. The standard InChI is InChI=1S/C10H14ClNO/c1-7-8(10(12)6-13-2)4-3-5-9(7)11/h3-5,10H,6,12H2,1-2H3/t10-/m0/s1. The predicted octanol–water partition coefficient (Wildman–Crippen LogP) is 2.29. The monoisotopic (exact) mass is 199 g/mol. The molecule has 0 aromatic heterocycles. The summed E-state index contributed by atoms with van der Waals surface area (Å²) >= 11 is 5.96. The van der Waals surface area contributed by atoms with E-state index in [1.807, 2.05) is 25.1 Å². The fourth-order valence-electron chi connectivity index (χ4n) is 1.30. The first kappa shape index (κ1) is 10.5. The second-order valence-electron chi connectivity index (χ2n) is 3.02. The van der Waals surface area contributed by atoms with Crippen molar-refractivity contribution < 1.29 is 4.74 Å². The van der Waals surface area contributed by atoms with Crippen molar-refractivity contribution in [2.45, 2.75) is 13.0 Å². The normalized spacial score (nSPS) is 12.9. The van der Waals surface area contributed by atoms with Gasteiger partial charge in [-0.1, -0.05) is 23.7 Å². The molecule has 1 atom stereocenters. The molecule has 0 bridgehead atoms. The lowest BCUT2D eigenvalue weighted by molar-refractivity contribution is 0.180. The first-order chi connectivity index (χ1) is 6.16. The van der Waals surface area contributed by atoms with E-state index in [0.717, 1.165) is 16.1 Å². The average molecular weight is 200 g/mol. The quantitative estimate of drug-likeness (QED) is 0.811. The molecule has 1 aromatic carbocycles. The van der Waals surface area contributed by atoms with Crippen molar-refractivity contribution in [1.82, 2.24) is 0 Å². The van der Waals surface area contributed by atoms with Crippen LogP contribution in [0.4, 0.5) is 0 Å². The van der Waals surface area contributed by atoms with Crippen molar-refractivity contribution in [3.05, 3.63) is 34.3 Å². The van der Waals surface area contributed by atoms with Gasteiger partial charge in [0, 0.05) is 12.1 Å². The Kier molecular flexibility index (Phi) is 3.72. The lowest BCUT2D eigenvalue weighted by atomic mass is 10.0. The maximum atomic E-state index is 5.96. The Labute approximate surface area is 83.6 Å². The zero-order valence-corrected chi connectivity index (χ0v) is 8.64. The molecule has 0 aliphatic carbocycles. The number of halogens is 1. The molecule has 2 N–H and O–H groups in total. The van der Waals surface area contributed by atoms with Crippen LogP contribution in [0.2, 0.25) is 5.02 Å². The Hall–Kier alpha value is -0.570. The van der Waals surface area contributed by atoms with E-state index in [1.165, 1.54) is 0 Å². The summed E-state index contributed by atoms with van der Waals surface area (Å²) in [5.74, 6) is 0. The van der Waals surface area contributed by atoms with Gasteiger partial charge in [-0.3, -0.25) is 0 Å². The van der Waals surface area contributed by atoms with Crippen LogP contribution in [0.5, 0.6) is 0 Å². The van der Waals surface area contributed by atoms with Crippen LogP contribution < -0.4 is 5.73 Å². The van der Waals surface area contributed by atoms with Crippen LogP contribution in [-0.2, 0) is 4.74 Å². The zero-order chi connectivity index (χ0) is 9.84. The summed E-state index contributed by atoms with van der Waals surface area (Å²) in [4.78, 5) is 0. The summed E-state index contributed by atoms with van der Waals surface area (Å²) in [6.45, 7) is 2.48. The van der Waals surface area contributed by atoms with Crippen molar-refractivity contribution in [3.8, 4) is 0 Å². The van der Waals surface area contributed by atoms with E-state index in [4.69, 9.17) is 22.1 Å². The minimum atomic E-state index is -0.0938. The summed E-state index contributed by atoms with van der Waals surface area (Å²) in [6.07, 6.45) is 0. The van der Waals surface area contributed by atoms with E-state index >= 15 is 0 Å². The molecule has 2 nitrogen and oxygen atoms in total. The lowest BCUT2D eigenvalue weighted by Crippen LogP contribution is -2.17. The van der Waals surface area contributed by atoms with Crippen LogP contribution in [-0.4, -0.2) is 13.7 Å². The third-order valence-corrected chi connectivity index (χ3v) is 2.46. The zero-order valence-electron chi connectivity index (χ0n) is 7.88. The van der Waals surface area contributed by atoms with Crippen LogP contribution in [0.1, 0.15) is 17.2 Å². The maximum absolute atomic E-state index is 5.96. The van der Waals surface area contributed by atoms with Gasteiger partial charge in [0.05, 0.1) is 12.6 Å². The van der Waals surface area contributed by atoms with Crippen LogP contribution in [0.15, 0.2) is 18.2 Å². The molecule has 1 aromatic rings. The molecule has 0 aliphatic heterocycles. The fraction of sp³-hybridized carbons (Fsp3) is 0.400. The molecule has 0 aliphatic rings. The first-order valence-electron chi connectivity index (χ1n) is 4.16. The van der Waals surface area contributed by atoms with Gasteiger partial charge >= 0.3 is 0 Å². The van der Waals surface area contributed by atoms with Gasteiger partial charge < -0.3 is 10.5 Å². The topological polar surface area (TPSA) is 35.2 Å². The Morgan fingerprint density at radius 1 is 1.54 bits per heavy atom. The summed E-state index contributed by atoms with van der Waals surface area (Å²) < 4.78 is 4.98. The number of hydrogen-bond donors (Lipinski definition) is 1. The summed E-state index contributed by atoms with van der Waals surface area (Å²) in [7, 11) is 1.64. The van der Waals surface area contributed by atoms with Gasteiger partial charge in [-0.15, -0.1) is 0 Å². The highest BCUT2D eigenvalue weighted by molar-refractivity contribution is 6.31. The fourth-order valence-corrected chi connectivity index (χ4v) is 1.48. The van der Waals surface area contributed by atoms with Crippen LogP contribution >= 0.6 is 11.6 Å². The number of rotatable bonds is 3. The average Bonchev–Trinajstić information content (AvgIpc) is 2.10. The molecule has 0 radical (unpaired) electrons. The van der Waals surface area contributed by atoms with E-state index in [0.29, 0.717) is 6.61 Å². The van der Waals surface area contributed by atoms with Crippen molar-refractivity contribution in [2.75, 3.05) is 13.7 Å². The Morgan fingerprint density at radius 2 is 2.23 bits per heavy atom. The summed E-state index contributed by atoms with van der Waals surface area (Å²) in [6, 6.07) is 5.65. The van der Waals surface area contributed by atoms with E-state index in [9.17, 15) is 0 Å². The maximum Gasteiger partial charge on any atom is 0.0655 e. The first-order valence-corrected chi connectivity index (χ1v) is 4.54. The number of ether oxygens (including phenoxy) is 1. The van der Waals surface area contributed by atoms with Gasteiger partial charge in [-0.25, -0.2) is 0 Å². The molecule has 0 spiro atoms. The van der Waals surface area contributed by atoms with Gasteiger partial charge in [0.25, 0.3) is 0 Å². The van der Waals surface area contributed by atoms with Gasteiger partial charge in [-0.05, 0) is 24.1 Å². The lowest BCUT2D eigenvalue weighted by Gasteiger charge is -2.14. The number of benzene rings is 1. The second kappa shape index (κ2) is 4.61. The minimum Gasteiger partial charge on any atom is -0.383 e. The molecule has 13 heavy (non-hydrogen) atoms. The van der Waals surface area contributed by atoms with E-state index in [2.05, 4.69) is 0 Å². The number of hydrogen-bond acceptors (Lipinski definition) is 2. The molecule has 0 saturated heterocycles. The Balaban J connectivity index is 2.93. The predicted molar refractivity (Wildman–Crippen MR) is 55.0 cm³/mol. The van der Waals surface area contributed by atoms with Gasteiger partial charge in [0.2, 0.25) is 0 Å². The molecule has 0 fully saturated rings. The van der Waals surface area contributed by atoms with E-state index in [1.54, 1.807) is 7.11 Å². The molecule has 1 rings (SSSR count). The third-order valence-electron chi connectivity index (χ3n) is 2.06. The van der Waals surface area contributed by atoms with Crippen LogP contribution in [0.3, 0.4) is 0 Å². The van der Waals surface area contributed by atoms with Gasteiger partial charge in [0.15, 0.2) is 0 Å². The molecular formula is C10H14ClNO. The van der Waals surface area contributed by atoms with Crippen molar-refractivity contribution in [2.24, 2.45) is 5.73 Å². The molecule has 0 heterocycles. The van der Waals surface area contributed by atoms with Crippen molar-refractivity contribution >= 4 is 11.6 Å². The van der Waals surface area contributed by atoms with Crippen molar-refractivity contribution in [1.29, 1.82) is 0 Å². The molecule has 0 amide bonds. The third kappa shape index (κ3) is 2.44. The number of nitrogens with two attached hydrogens (primary N) is 1. The SMILES string of the molecule is COC[C@H](N)c1cccc(Cl)c1C. The molecule has 72 valence electrons. The second-order valence-corrected chi connectivity index (χ2v) is 3.42. The molecule has 0 unspecified atom stereocenters. The molecule has 3 heteroatoms. The Morgan fingerprint density at radius 3 is 2.85 bits per heavy atom. The highest BCUT2D eigenvalue weighted by Crippen LogP contribution is 2.22. The highest BCUT2D eigenvalue weighted by atomic mass is 35.5. The van der Waals surface area contributed by atoms with Crippen LogP contribution in [0, 0.1) is 6.92 Å². The largest absolute Gasteiger partial charge is 0.383 e. The minimum absolute atomic E-state index is 0.0938. The van der Waals surface area contributed by atoms with E-state index in [-0.39, 0.29) is 6.04 Å². The highest BCUT2D eigenvalue weighted by Gasteiger charge is 2.09. The van der Waals surface area contributed by atoms with Gasteiger partial charge in [-0.2, -0.15) is 0 Å². The van der Waals surface area contributed by atoms with Crippen molar-refractivity contribution in [3.63, 3.8) is 0 Å². The van der Waals surface area contributed by atoms with Gasteiger partial charge in [0.1, 0.15) is 0 Å².